The first-order chi connectivity index (χ1) is 28.5. The number of likely N-dealkylation sites (tertiary alicyclic amines) is 2. The van der Waals surface area contributed by atoms with Crippen LogP contribution in [0.5, 0.6) is 0 Å². The van der Waals surface area contributed by atoms with E-state index in [1.807, 2.05) is 157 Å². The van der Waals surface area contributed by atoms with Crippen molar-refractivity contribution in [3.05, 3.63) is 127 Å². The van der Waals surface area contributed by atoms with Gasteiger partial charge >= 0.3 is 0 Å². The summed E-state index contributed by atoms with van der Waals surface area (Å²) in [6.45, 7) is 1.28. The van der Waals surface area contributed by atoms with Gasteiger partial charge in [-0.15, -0.1) is 0 Å². The third-order valence-electron chi connectivity index (χ3n) is 11.3. The summed E-state index contributed by atoms with van der Waals surface area (Å²) in [5.74, 6) is 0.757. The topological polar surface area (TPSA) is 131 Å². The maximum absolute atomic E-state index is 13.7. The van der Waals surface area contributed by atoms with Gasteiger partial charge in [-0.3, -0.25) is 29.0 Å². The molecule has 2 saturated heterocycles. The Morgan fingerprint density at radius 2 is 1.05 bits per heavy atom. The molecule has 59 heavy (non-hydrogen) atoms. The first kappa shape index (κ1) is 41.1. The summed E-state index contributed by atoms with van der Waals surface area (Å²) in [7, 11) is 7.62. The van der Waals surface area contributed by atoms with Crippen molar-refractivity contribution in [1.82, 2.24) is 24.6 Å². The van der Waals surface area contributed by atoms with Crippen molar-refractivity contribution in [1.29, 1.82) is 0 Å². The van der Waals surface area contributed by atoms with Gasteiger partial charge < -0.3 is 24.9 Å². The van der Waals surface area contributed by atoms with Crippen LogP contribution in [0, 0.1) is 0 Å². The van der Waals surface area contributed by atoms with Gasteiger partial charge in [0, 0.05) is 60.5 Å². The number of carbonyl (C=O) groups is 4. The van der Waals surface area contributed by atoms with E-state index in [0.29, 0.717) is 36.1 Å². The minimum Gasteiger partial charge on any atom is -0.436 e. The zero-order chi connectivity index (χ0) is 41.5. The summed E-state index contributed by atoms with van der Waals surface area (Å²) in [5, 5.41) is 5.99. The minimum atomic E-state index is -0.406. The molecule has 0 radical (unpaired) electrons. The Balaban J connectivity index is 0.907. The molecule has 0 bridgehead atoms. The summed E-state index contributed by atoms with van der Waals surface area (Å²) < 4.78 is 6.11. The first-order valence-corrected chi connectivity index (χ1v) is 20.4. The van der Waals surface area contributed by atoms with Crippen LogP contribution < -0.4 is 10.6 Å². The van der Waals surface area contributed by atoms with Gasteiger partial charge in [0.1, 0.15) is 12.1 Å². The molecule has 4 amide bonds. The summed E-state index contributed by atoms with van der Waals surface area (Å²) in [4.78, 5) is 65.9. The summed E-state index contributed by atoms with van der Waals surface area (Å²) in [6, 6.07) is 33.1. The lowest BCUT2D eigenvalue weighted by Crippen LogP contribution is -2.44. The number of nitrogens with one attached hydrogen (secondary N) is 2. The largest absolute Gasteiger partial charge is 0.436 e. The lowest BCUT2D eigenvalue weighted by molar-refractivity contribution is -0.138. The van der Waals surface area contributed by atoms with Crippen LogP contribution in [-0.4, -0.2) is 102 Å². The molecule has 0 saturated carbocycles. The second-order valence-corrected chi connectivity index (χ2v) is 15.9. The van der Waals surface area contributed by atoms with Gasteiger partial charge in [0.25, 0.3) is 0 Å². The summed E-state index contributed by atoms with van der Waals surface area (Å²) in [5.41, 5.74) is 4.72. The van der Waals surface area contributed by atoms with Gasteiger partial charge in [0.05, 0.1) is 6.20 Å². The molecule has 5 aromatic rings. The molecule has 7 rings (SSSR count). The molecular formula is C47H53N7O5. The maximum Gasteiger partial charge on any atom is 0.244 e. The van der Waals surface area contributed by atoms with Crippen molar-refractivity contribution in [3.63, 3.8) is 0 Å². The Labute approximate surface area is 346 Å². The summed E-state index contributed by atoms with van der Waals surface area (Å²) >= 11 is 0. The van der Waals surface area contributed by atoms with Crippen LogP contribution in [0.1, 0.15) is 61.7 Å². The normalized spacial score (nSPS) is 17.6. The van der Waals surface area contributed by atoms with Gasteiger partial charge in [0.15, 0.2) is 5.76 Å². The highest BCUT2D eigenvalue weighted by Gasteiger charge is 2.37. The van der Waals surface area contributed by atoms with E-state index in [2.05, 4.69) is 15.6 Å². The number of nitrogens with zero attached hydrogens (tertiary/aromatic N) is 5. The second-order valence-electron chi connectivity index (χ2n) is 15.9. The van der Waals surface area contributed by atoms with Crippen LogP contribution in [0.15, 0.2) is 120 Å². The molecule has 2 fully saturated rings. The Morgan fingerprint density at radius 1 is 0.627 bits per heavy atom. The SMILES string of the molecule is CN(C)[C@@H](C(=O)N1CCCC1CC(=O)Nc1ccc(-c2ncc(-c3ccc(NC(=O)C[C@@H]4CCCN4C(=O)[C@@H](c4ccccc4)N(C)C)cc3)o2)cc1)c1ccccc1. The van der Waals surface area contributed by atoms with E-state index in [1.54, 1.807) is 6.20 Å². The number of oxazole rings is 1. The Morgan fingerprint density at radius 3 is 1.47 bits per heavy atom. The van der Waals surface area contributed by atoms with E-state index in [-0.39, 0.29) is 48.6 Å². The highest BCUT2D eigenvalue weighted by Crippen LogP contribution is 2.31. The van der Waals surface area contributed by atoms with Gasteiger partial charge in [-0.1, -0.05) is 60.7 Å². The molecule has 4 atom stereocenters. The average Bonchev–Trinajstić information content (AvgIpc) is 4.01. The monoisotopic (exact) mass is 795 g/mol. The third-order valence-corrected chi connectivity index (χ3v) is 11.3. The Bertz CT molecular complexity index is 2050. The number of amides is 4. The second kappa shape index (κ2) is 18.6. The predicted octanol–water partition coefficient (Wildman–Crippen LogP) is 7.25. The maximum atomic E-state index is 13.7. The van der Waals surface area contributed by atoms with Crippen molar-refractivity contribution in [2.45, 2.75) is 62.7 Å². The number of hydrogen-bond donors (Lipinski definition) is 2. The molecule has 12 heteroatoms. The van der Waals surface area contributed by atoms with Crippen LogP contribution in [0.2, 0.25) is 0 Å². The standard InChI is InChI=1S/C47H53N7O5/c1-51(2)43(33-13-7-5-8-14-33)46(57)53-27-11-17-38(53)29-41(55)49-36-23-19-32(20-24-36)40-31-48-45(59-40)35-21-25-37(26-22-35)50-42(56)30-39-18-12-28-54(39)47(58)44(52(3)4)34-15-9-6-10-16-34/h5-10,13-16,19-26,31,38-39,43-44H,11-12,17-18,27-30H2,1-4H3,(H,49,55)(H,50,56)/t38-,39?,43+,44+/m0/s1. The predicted molar refractivity (Wildman–Crippen MR) is 229 cm³/mol. The molecule has 2 N–H and O–H groups in total. The number of hydrogen-bond acceptors (Lipinski definition) is 8. The Kier molecular flexibility index (Phi) is 13.0. The summed E-state index contributed by atoms with van der Waals surface area (Å²) in [6.07, 6.45) is 5.41. The molecule has 2 aliphatic heterocycles. The smallest absolute Gasteiger partial charge is 0.244 e. The van der Waals surface area contributed by atoms with E-state index < -0.39 is 12.1 Å². The van der Waals surface area contributed by atoms with Crippen molar-refractivity contribution < 1.29 is 23.6 Å². The average molecular weight is 796 g/mol. The van der Waals surface area contributed by atoms with Gasteiger partial charge in [-0.25, -0.2) is 4.98 Å². The van der Waals surface area contributed by atoms with Crippen molar-refractivity contribution in [3.8, 4) is 22.8 Å². The molecule has 0 aliphatic carbocycles. The van der Waals surface area contributed by atoms with Gasteiger partial charge in [-0.05, 0) is 114 Å². The van der Waals surface area contributed by atoms with E-state index in [4.69, 9.17) is 4.42 Å². The quantitative estimate of drug-likeness (QED) is 0.120. The zero-order valence-electron chi connectivity index (χ0n) is 34.2. The highest BCUT2D eigenvalue weighted by atomic mass is 16.4. The van der Waals surface area contributed by atoms with E-state index >= 15 is 0 Å². The number of likely N-dealkylation sites (N-methyl/N-ethyl adjacent to an activating group) is 2. The number of carbonyl (C=O) groups excluding carboxylic acids is 4. The Hall–Kier alpha value is -6.11. The lowest BCUT2D eigenvalue weighted by Gasteiger charge is -2.32. The van der Waals surface area contributed by atoms with Gasteiger partial charge in [-0.2, -0.15) is 0 Å². The number of benzene rings is 4. The highest BCUT2D eigenvalue weighted by molar-refractivity contribution is 5.93. The third kappa shape index (κ3) is 9.78. The van der Waals surface area contributed by atoms with Crippen LogP contribution in [0.4, 0.5) is 11.4 Å². The lowest BCUT2D eigenvalue weighted by atomic mass is 10.0. The molecule has 3 heterocycles. The molecule has 0 spiro atoms. The number of aromatic nitrogens is 1. The fraction of sp³-hybridized carbons (Fsp3) is 0.340. The molecule has 2 aliphatic rings. The fourth-order valence-corrected chi connectivity index (χ4v) is 8.39. The van der Waals surface area contributed by atoms with Crippen LogP contribution in [0.3, 0.4) is 0 Å². The van der Waals surface area contributed by atoms with Crippen LogP contribution in [0.25, 0.3) is 22.8 Å². The van der Waals surface area contributed by atoms with E-state index in [9.17, 15) is 19.2 Å². The van der Waals surface area contributed by atoms with E-state index in [0.717, 1.165) is 47.9 Å². The van der Waals surface area contributed by atoms with Crippen molar-refractivity contribution in [2.75, 3.05) is 51.9 Å². The molecule has 1 aromatic heterocycles. The van der Waals surface area contributed by atoms with Crippen LogP contribution in [-0.2, 0) is 19.2 Å². The molecule has 306 valence electrons. The molecule has 1 unspecified atom stereocenters. The van der Waals surface area contributed by atoms with Crippen molar-refractivity contribution >= 4 is 35.0 Å². The number of anilines is 2. The fourth-order valence-electron chi connectivity index (χ4n) is 8.39. The molecule has 4 aromatic carbocycles. The van der Waals surface area contributed by atoms with Crippen LogP contribution >= 0.6 is 0 Å². The minimum absolute atomic E-state index is 0.0174. The van der Waals surface area contributed by atoms with Gasteiger partial charge in [0.2, 0.25) is 29.5 Å². The molecular weight excluding hydrogens is 743 g/mol. The molecule has 12 nitrogen and oxygen atoms in total. The zero-order valence-corrected chi connectivity index (χ0v) is 34.2. The van der Waals surface area contributed by atoms with Crippen molar-refractivity contribution in [2.24, 2.45) is 0 Å². The van der Waals surface area contributed by atoms with E-state index in [1.165, 1.54) is 0 Å². The number of rotatable bonds is 14. The first-order valence-electron chi connectivity index (χ1n) is 20.4.